The van der Waals surface area contributed by atoms with Gasteiger partial charge in [0.15, 0.2) is 10.6 Å². The standard InChI is InChI=1S/C30H28N2O6S/c1-5-14-37-29(35)27-18(4)31-30(39-27)32-24(19-9-8-10-20(16-19)36-15-13-17(2)3)23-25(33)21-11-6-7-12-22(21)38-26(23)28(32)34/h5-12,16-17,24H,1,13-15H2,2-4H3. The molecule has 8 nitrogen and oxygen atoms in total. The molecule has 1 unspecified atom stereocenters. The third kappa shape index (κ3) is 4.97. The summed E-state index contributed by atoms with van der Waals surface area (Å²) >= 11 is 1.03. The summed E-state index contributed by atoms with van der Waals surface area (Å²) in [6.07, 6.45) is 2.36. The number of carbonyl (C=O) groups excluding carboxylic acids is 2. The molecule has 0 bridgehead atoms. The number of para-hydroxylation sites is 1. The maximum absolute atomic E-state index is 13.9. The topological polar surface area (TPSA) is 98.9 Å². The van der Waals surface area contributed by atoms with E-state index >= 15 is 0 Å². The molecule has 0 aliphatic carbocycles. The Hall–Kier alpha value is -4.24. The third-order valence-corrected chi connectivity index (χ3v) is 7.56. The molecule has 2 aromatic heterocycles. The highest BCUT2D eigenvalue weighted by Crippen LogP contribution is 2.43. The molecule has 0 radical (unpaired) electrons. The van der Waals surface area contributed by atoms with Gasteiger partial charge in [-0.25, -0.2) is 9.78 Å². The number of aromatic nitrogens is 1. The number of esters is 1. The van der Waals surface area contributed by atoms with E-state index in [0.717, 1.165) is 17.8 Å². The van der Waals surface area contributed by atoms with Gasteiger partial charge in [0, 0.05) is 0 Å². The van der Waals surface area contributed by atoms with Crippen LogP contribution in [0.25, 0.3) is 11.0 Å². The Bertz CT molecular complexity index is 1640. The summed E-state index contributed by atoms with van der Waals surface area (Å²) < 4.78 is 17.2. The minimum Gasteiger partial charge on any atom is -0.494 e. The number of nitrogens with zero attached hydrogens (tertiary/aromatic N) is 2. The van der Waals surface area contributed by atoms with Crippen LogP contribution in [0, 0.1) is 12.8 Å². The van der Waals surface area contributed by atoms with Crippen LogP contribution >= 0.6 is 11.3 Å². The number of amides is 1. The number of thiazole rings is 1. The number of hydrogen-bond acceptors (Lipinski definition) is 8. The smallest absolute Gasteiger partial charge is 0.350 e. The van der Waals surface area contributed by atoms with Crippen molar-refractivity contribution in [3.05, 3.63) is 98.9 Å². The van der Waals surface area contributed by atoms with Crippen molar-refractivity contribution < 1.29 is 23.5 Å². The Morgan fingerprint density at radius 3 is 2.77 bits per heavy atom. The summed E-state index contributed by atoms with van der Waals surface area (Å²) in [5.74, 6) is 0.00386. The quantitative estimate of drug-likeness (QED) is 0.186. The van der Waals surface area contributed by atoms with E-state index in [2.05, 4.69) is 25.4 Å². The zero-order valence-electron chi connectivity index (χ0n) is 21.9. The van der Waals surface area contributed by atoms with Gasteiger partial charge in [0.1, 0.15) is 22.8 Å². The monoisotopic (exact) mass is 544 g/mol. The predicted octanol–water partition coefficient (Wildman–Crippen LogP) is 6.08. The molecular formula is C30H28N2O6S. The van der Waals surface area contributed by atoms with Gasteiger partial charge in [0.2, 0.25) is 5.76 Å². The van der Waals surface area contributed by atoms with Crippen molar-refractivity contribution in [2.45, 2.75) is 33.2 Å². The minimum atomic E-state index is -0.829. The maximum Gasteiger partial charge on any atom is 0.350 e. The summed E-state index contributed by atoms with van der Waals surface area (Å²) in [5, 5.41) is 0.637. The molecule has 1 atom stereocenters. The fourth-order valence-electron chi connectivity index (χ4n) is 4.49. The van der Waals surface area contributed by atoms with Gasteiger partial charge in [-0.1, -0.05) is 62.1 Å². The minimum absolute atomic E-state index is 0.0431. The van der Waals surface area contributed by atoms with Crippen LogP contribution in [0.15, 0.2) is 70.4 Å². The van der Waals surface area contributed by atoms with E-state index in [4.69, 9.17) is 13.9 Å². The van der Waals surface area contributed by atoms with Crippen LogP contribution in [-0.4, -0.2) is 30.1 Å². The zero-order chi connectivity index (χ0) is 27.7. The number of ether oxygens (including phenoxy) is 2. The first-order valence-electron chi connectivity index (χ1n) is 12.7. The van der Waals surface area contributed by atoms with Crippen molar-refractivity contribution in [3.63, 3.8) is 0 Å². The van der Waals surface area contributed by atoms with Gasteiger partial charge in [-0.05, 0) is 49.1 Å². The first-order chi connectivity index (χ1) is 18.8. The van der Waals surface area contributed by atoms with Crippen molar-refractivity contribution in [2.24, 2.45) is 5.92 Å². The highest BCUT2D eigenvalue weighted by Gasteiger charge is 2.45. The lowest BCUT2D eigenvalue weighted by atomic mass is 9.98. The summed E-state index contributed by atoms with van der Waals surface area (Å²) in [4.78, 5) is 46.5. The number of rotatable bonds is 9. The second kappa shape index (κ2) is 10.9. The zero-order valence-corrected chi connectivity index (χ0v) is 22.7. The van der Waals surface area contributed by atoms with Gasteiger partial charge in [-0.3, -0.25) is 14.5 Å². The molecular weight excluding hydrogens is 516 g/mol. The molecule has 3 heterocycles. The summed E-state index contributed by atoms with van der Waals surface area (Å²) in [6, 6.07) is 13.3. The van der Waals surface area contributed by atoms with Gasteiger partial charge in [0.05, 0.1) is 29.3 Å². The molecule has 1 amide bonds. The van der Waals surface area contributed by atoms with E-state index < -0.39 is 17.9 Å². The summed E-state index contributed by atoms with van der Waals surface area (Å²) in [7, 11) is 0. The van der Waals surface area contributed by atoms with Gasteiger partial charge >= 0.3 is 5.97 Å². The van der Waals surface area contributed by atoms with E-state index in [-0.39, 0.29) is 33.4 Å². The second-order valence-corrected chi connectivity index (χ2v) is 10.6. The molecule has 1 aliphatic heterocycles. The van der Waals surface area contributed by atoms with E-state index in [1.165, 1.54) is 11.0 Å². The fraction of sp³-hybridized carbons (Fsp3) is 0.267. The van der Waals surface area contributed by atoms with Crippen LogP contribution < -0.4 is 15.1 Å². The molecule has 2 aromatic carbocycles. The molecule has 200 valence electrons. The lowest BCUT2D eigenvalue weighted by molar-refractivity contribution is 0.0554. The van der Waals surface area contributed by atoms with Crippen LogP contribution in [0.4, 0.5) is 5.13 Å². The van der Waals surface area contributed by atoms with Gasteiger partial charge in [0.25, 0.3) is 5.91 Å². The molecule has 0 N–H and O–H groups in total. The molecule has 0 saturated carbocycles. The van der Waals surface area contributed by atoms with E-state index in [1.807, 2.05) is 24.3 Å². The van der Waals surface area contributed by atoms with Gasteiger partial charge in [-0.15, -0.1) is 0 Å². The summed E-state index contributed by atoms with van der Waals surface area (Å²) in [6.45, 7) is 10.1. The molecule has 0 saturated heterocycles. The Labute approximate surface area is 229 Å². The largest absolute Gasteiger partial charge is 0.494 e. The Morgan fingerprint density at radius 2 is 2.00 bits per heavy atom. The SMILES string of the molecule is C=CCOC(=O)c1sc(N2C(=O)c3oc4ccccc4c(=O)c3C2c2cccc(OCCC(C)C)c2)nc1C. The second-order valence-electron chi connectivity index (χ2n) is 9.65. The first-order valence-corrected chi connectivity index (χ1v) is 13.5. The van der Waals surface area contributed by atoms with Crippen molar-refractivity contribution in [2.75, 3.05) is 18.1 Å². The molecule has 5 rings (SSSR count). The van der Waals surface area contributed by atoms with Crippen molar-refractivity contribution in [3.8, 4) is 5.75 Å². The molecule has 4 aromatic rings. The average molecular weight is 545 g/mol. The molecule has 0 fully saturated rings. The number of hydrogen-bond donors (Lipinski definition) is 0. The number of anilines is 1. The third-order valence-electron chi connectivity index (χ3n) is 6.42. The van der Waals surface area contributed by atoms with Crippen LogP contribution in [0.3, 0.4) is 0 Å². The molecule has 0 spiro atoms. The highest BCUT2D eigenvalue weighted by atomic mass is 32.1. The van der Waals surface area contributed by atoms with Crippen molar-refractivity contribution in [1.29, 1.82) is 0 Å². The average Bonchev–Trinajstić information content (AvgIpc) is 3.44. The van der Waals surface area contributed by atoms with E-state index in [9.17, 15) is 14.4 Å². The highest BCUT2D eigenvalue weighted by molar-refractivity contribution is 7.17. The lowest BCUT2D eigenvalue weighted by Crippen LogP contribution is -2.29. The normalized spacial score (nSPS) is 14.6. The van der Waals surface area contributed by atoms with E-state index in [0.29, 0.717) is 40.5 Å². The van der Waals surface area contributed by atoms with Crippen LogP contribution in [0.2, 0.25) is 0 Å². The van der Waals surface area contributed by atoms with Crippen molar-refractivity contribution in [1.82, 2.24) is 4.98 Å². The number of fused-ring (bicyclic) bond motifs is 2. The Morgan fingerprint density at radius 1 is 1.21 bits per heavy atom. The number of aryl methyl sites for hydroxylation is 1. The fourth-order valence-corrected chi connectivity index (χ4v) is 5.48. The number of benzene rings is 2. The molecule has 1 aliphatic rings. The maximum atomic E-state index is 13.9. The predicted molar refractivity (Wildman–Crippen MR) is 150 cm³/mol. The van der Waals surface area contributed by atoms with Crippen LogP contribution in [0.1, 0.15) is 63.4 Å². The lowest BCUT2D eigenvalue weighted by Gasteiger charge is -2.23. The Kier molecular flexibility index (Phi) is 7.34. The number of carbonyl (C=O) groups is 2. The van der Waals surface area contributed by atoms with Crippen LogP contribution in [0.5, 0.6) is 5.75 Å². The Balaban J connectivity index is 1.64. The first kappa shape index (κ1) is 26.4. The van der Waals surface area contributed by atoms with Crippen LogP contribution in [-0.2, 0) is 4.74 Å². The van der Waals surface area contributed by atoms with Crippen molar-refractivity contribution >= 4 is 39.3 Å². The van der Waals surface area contributed by atoms with Gasteiger partial charge in [-0.2, -0.15) is 0 Å². The van der Waals surface area contributed by atoms with Gasteiger partial charge < -0.3 is 13.9 Å². The van der Waals surface area contributed by atoms with E-state index in [1.54, 1.807) is 31.2 Å². The molecule has 9 heteroatoms. The summed E-state index contributed by atoms with van der Waals surface area (Å²) in [5.41, 5.74) is 1.33. The molecule has 39 heavy (non-hydrogen) atoms.